The molecule has 1 nitrogen and oxygen atoms in total. The molecule has 3 aromatic rings. The van der Waals surface area contributed by atoms with Crippen molar-refractivity contribution >= 4 is 47.4 Å². The maximum Gasteiger partial charge on any atom is 0.112 e. The van der Waals surface area contributed by atoms with Crippen LogP contribution in [0.25, 0.3) is 0 Å². The first kappa shape index (κ1) is 22.9. The zero-order valence-electron chi connectivity index (χ0n) is 16.1. The van der Waals surface area contributed by atoms with E-state index in [0.717, 1.165) is 13.0 Å². The molecule has 0 fully saturated rings. The van der Waals surface area contributed by atoms with Crippen LogP contribution in [0.3, 0.4) is 0 Å². The molecule has 0 spiro atoms. The Balaban J connectivity index is 0.00000280. The Morgan fingerprint density at radius 3 is 1.36 bits per heavy atom. The molecule has 148 valence electrons. The average Bonchev–Trinajstić information content (AvgIpc) is 2.75. The highest BCUT2D eigenvalue weighted by atomic mass is 35.5. The molecule has 28 heavy (non-hydrogen) atoms. The Kier molecular flexibility index (Phi) is 10.0. The van der Waals surface area contributed by atoms with Crippen molar-refractivity contribution < 1.29 is 0 Å². The normalized spacial score (nSPS) is 11.0. The molecule has 0 amide bonds. The van der Waals surface area contributed by atoms with E-state index in [2.05, 4.69) is 95.8 Å². The average molecular weight is 433 g/mol. The number of halogens is 2. The van der Waals surface area contributed by atoms with Gasteiger partial charge in [-0.3, -0.25) is 0 Å². The first-order valence-corrected chi connectivity index (χ1v) is 12.1. The fourth-order valence-corrected chi connectivity index (χ4v) is 8.32. The smallest absolute Gasteiger partial charge is 0.112 e. The standard InChI is InChI=1S/C24H28ClNP.ClH/c25-26-20-12-1-2-13-21-27(22-14-6-3-7-15-22,23-16-8-4-9-17-23)24-18-10-5-11-19-24;/h3-11,14-19,26H,1-2,12-13,20-21H2;1H/q+1;. The minimum absolute atomic E-state index is 0. The van der Waals surface area contributed by atoms with E-state index in [1.54, 1.807) is 0 Å². The highest BCUT2D eigenvalue weighted by molar-refractivity contribution is 7.95. The summed E-state index contributed by atoms with van der Waals surface area (Å²) in [5.41, 5.74) is 0. The van der Waals surface area contributed by atoms with E-state index in [0.29, 0.717) is 0 Å². The molecule has 0 saturated carbocycles. The van der Waals surface area contributed by atoms with Crippen molar-refractivity contribution in [3.05, 3.63) is 91.0 Å². The molecule has 1 N–H and O–H groups in total. The number of nitrogens with one attached hydrogen (secondary N) is 1. The molecule has 0 atom stereocenters. The SMILES string of the molecule is Cl.ClNCCCCCC[P+](c1ccccc1)(c1ccccc1)c1ccccc1. The van der Waals surface area contributed by atoms with Gasteiger partial charge in [0.15, 0.2) is 0 Å². The Morgan fingerprint density at radius 1 is 0.571 bits per heavy atom. The summed E-state index contributed by atoms with van der Waals surface area (Å²) in [4.78, 5) is 2.73. The second-order valence-electron chi connectivity index (χ2n) is 6.84. The van der Waals surface area contributed by atoms with Crippen molar-refractivity contribution in [3.8, 4) is 0 Å². The predicted octanol–water partition coefficient (Wildman–Crippen LogP) is 5.71. The van der Waals surface area contributed by atoms with Gasteiger partial charge in [-0.05, 0) is 67.4 Å². The summed E-state index contributed by atoms with van der Waals surface area (Å²) in [5, 5.41) is 4.43. The zero-order chi connectivity index (χ0) is 18.8. The van der Waals surface area contributed by atoms with Crippen LogP contribution in [0.4, 0.5) is 0 Å². The van der Waals surface area contributed by atoms with Crippen LogP contribution < -0.4 is 20.7 Å². The Labute approximate surface area is 181 Å². The number of unbranched alkanes of at least 4 members (excludes halogenated alkanes) is 3. The van der Waals surface area contributed by atoms with Crippen molar-refractivity contribution in [2.45, 2.75) is 25.7 Å². The first-order valence-electron chi connectivity index (χ1n) is 9.76. The van der Waals surface area contributed by atoms with Gasteiger partial charge < -0.3 is 0 Å². The molecule has 0 aliphatic heterocycles. The van der Waals surface area contributed by atoms with Crippen molar-refractivity contribution in [3.63, 3.8) is 0 Å². The molecule has 0 unspecified atom stereocenters. The molecule has 0 radical (unpaired) electrons. The third kappa shape index (κ3) is 5.58. The van der Waals surface area contributed by atoms with E-state index in [9.17, 15) is 0 Å². The summed E-state index contributed by atoms with van der Waals surface area (Å²) in [6, 6.07) is 33.4. The molecule has 3 rings (SSSR count). The predicted molar refractivity (Wildman–Crippen MR) is 130 cm³/mol. The van der Waals surface area contributed by atoms with Gasteiger partial charge in [-0.25, -0.2) is 4.84 Å². The van der Waals surface area contributed by atoms with Gasteiger partial charge in [0.25, 0.3) is 0 Å². The van der Waals surface area contributed by atoms with Crippen molar-refractivity contribution in [1.29, 1.82) is 0 Å². The number of hydrogen-bond donors (Lipinski definition) is 1. The molecular formula is C24H29Cl2NP+. The van der Waals surface area contributed by atoms with Crippen molar-refractivity contribution in [2.75, 3.05) is 12.7 Å². The maximum atomic E-state index is 5.58. The second kappa shape index (κ2) is 12.2. The molecule has 0 bridgehead atoms. The Hall–Kier alpha value is -1.37. The maximum absolute atomic E-state index is 5.58. The molecule has 0 saturated heterocycles. The van der Waals surface area contributed by atoms with Crippen LogP contribution in [-0.2, 0) is 0 Å². The Bertz CT molecular complexity index is 685. The fraction of sp³-hybridized carbons (Fsp3) is 0.250. The third-order valence-corrected chi connectivity index (χ3v) is 9.82. The molecule has 0 aromatic heterocycles. The van der Waals surface area contributed by atoms with Gasteiger partial charge in [-0.1, -0.05) is 61.0 Å². The van der Waals surface area contributed by atoms with E-state index in [1.165, 1.54) is 41.3 Å². The summed E-state index contributed by atoms with van der Waals surface area (Å²) >= 11 is 5.58. The lowest BCUT2D eigenvalue weighted by atomic mass is 10.2. The lowest BCUT2D eigenvalue weighted by molar-refractivity contribution is 0.662. The molecule has 4 heteroatoms. The Morgan fingerprint density at radius 2 is 0.964 bits per heavy atom. The molecular weight excluding hydrogens is 404 g/mol. The van der Waals surface area contributed by atoms with E-state index in [1.807, 2.05) is 0 Å². The monoisotopic (exact) mass is 432 g/mol. The molecule has 3 aromatic carbocycles. The quantitative estimate of drug-likeness (QED) is 0.246. The second-order valence-corrected chi connectivity index (χ2v) is 10.7. The lowest BCUT2D eigenvalue weighted by Gasteiger charge is -2.27. The van der Waals surface area contributed by atoms with Gasteiger partial charge in [-0.15, -0.1) is 12.4 Å². The summed E-state index contributed by atoms with van der Waals surface area (Å²) in [7, 11) is -1.65. The van der Waals surface area contributed by atoms with E-state index in [4.69, 9.17) is 11.8 Å². The fourth-order valence-electron chi connectivity index (χ4n) is 3.78. The zero-order valence-corrected chi connectivity index (χ0v) is 18.6. The van der Waals surface area contributed by atoms with Gasteiger partial charge in [0, 0.05) is 6.54 Å². The van der Waals surface area contributed by atoms with Crippen LogP contribution in [0.15, 0.2) is 91.0 Å². The van der Waals surface area contributed by atoms with Crippen LogP contribution >= 0.6 is 31.4 Å². The summed E-state index contributed by atoms with van der Waals surface area (Å²) < 4.78 is 0. The van der Waals surface area contributed by atoms with Gasteiger partial charge >= 0.3 is 0 Å². The van der Waals surface area contributed by atoms with Crippen LogP contribution in [0.5, 0.6) is 0 Å². The van der Waals surface area contributed by atoms with Gasteiger partial charge in [0.05, 0.1) is 6.16 Å². The highest BCUT2D eigenvalue weighted by Gasteiger charge is 2.44. The van der Waals surface area contributed by atoms with Gasteiger partial charge in [0.1, 0.15) is 23.2 Å². The molecule has 0 aliphatic carbocycles. The van der Waals surface area contributed by atoms with Crippen LogP contribution in [0.1, 0.15) is 25.7 Å². The molecule has 0 heterocycles. The topological polar surface area (TPSA) is 12.0 Å². The lowest BCUT2D eigenvalue weighted by Crippen LogP contribution is -2.33. The molecule has 0 aliphatic rings. The number of rotatable bonds is 10. The largest absolute Gasteiger partial charge is 0.234 e. The van der Waals surface area contributed by atoms with Crippen LogP contribution in [0, 0.1) is 0 Å². The minimum Gasteiger partial charge on any atom is -0.234 e. The van der Waals surface area contributed by atoms with Gasteiger partial charge in [-0.2, -0.15) is 0 Å². The van der Waals surface area contributed by atoms with E-state index >= 15 is 0 Å². The summed E-state index contributed by atoms with van der Waals surface area (Å²) in [5.74, 6) is 0. The van der Waals surface area contributed by atoms with Crippen LogP contribution in [-0.4, -0.2) is 12.7 Å². The third-order valence-electron chi connectivity index (χ3n) is 5.11. The number of benzene rings is 3. The summed E-state index contributed by atoms with van der Waals surface area (Å²) in [6.45, 7) is 0.887. The van der Waals surface area contributed by atoms with E-state index < -0.39 is 7.26 Å². The van der Waals surface area contributed by atoms with E-state index in [-0.39, 0.29) is 12.4 Å². The minimum atomic E-state index is -1.65. The van der Waals surface area contributed by atoms with Gasteiger partial charge in [0.2, 0.25) is 0 Å². The van der Waals surface area contributed by atoms with Crippen LogP contribution in [0.2, 0.25) is 0 Å². The first-order chi connectivity index (χ1) is 13.4. The number of hydrogen-bond acceptors (Lipinski definition) is 1. The summed E-state index contributed by atoms with van der Waals surface area (Å²) in [6.07, 6.45) is 6.04. The van der Waals surface area contributed by atoms with Crippen molar-refractivity contribution in [1.82, 2.24) is 4.84 Å². The van der Waals surface area contributed by atoms with Crippen molar-refractivity contribution in [2.24, 2.45) is 0 Å². The highest BCUT2D eigenvalue weighted by Crippen LogP contribution is 2.55.